The summed E-state index contributed by atoms with van der Waals surface area (Å²) < 4.78 is 2.04. The zero-order valence-corrected chi connectivity index (χ0v) is 18.8. The highest BCUT2D eigenvalue weighted by Crippen LogP contribution is 2.32. The molecule has 1 N–H and O–H groups in total. The minimum Gasteiger partial charge on any atom is -0.357 e. The van der Waals surface area contributed by atoms with Crippen molar-refractivity contribution in [3.63, 3.8) is 0 Å². The Labute approximate surface area is 179 Å². The van der Waals surface area contributed by atoms with Crippen LogP contribution >= 0.6 is 24.0 Å². The van der Waals surface area contributed by atoms with Gasteiger partial charge in [0.05, 0.1) is 0 Å². The van der Waals surface area contributed by atoms with Crippen LogP contribution in [0.4, 0.5) is 0 Å². The first-order valence-corrected chi connectivity index (χ1v) is 9.67. The Morgan fingerprint density at radius 1 is 1.26 bits per heavy atom. The Balaban J connectivity index is 0.00000261. The molecular weight excluding hydrogens is 451 g/mol. The molecule has 0 spiro atoms. The average molecular weight is 482 g/mol. The molecule has 1 aliphatic heterocycles. The zero-order valence-electron chi connectivity index (χ0n) is 16.5. The minimum absolute atomic E-state index is 0. The van der Waals surface area contributed by atoms with Crippen molar-refractivity contribution < 1.29 is 0 Å². The highest BCUT2D eigenvalue weighted by Gasteiger charge is 2.28. The number of piperidine rings is 1. The molecule has 0 aliphatic carbocycles. The van der Waals surface area contributed by atoms with Gasteiger partial charge in [-0.2, -0.15) is 0 Å². The van der Waals surface area contributed by atoms with E-state index in [0.29, 0.717) is 18.4 Å². The third-order valence-corrected chi connectivity index (χ3v) is 5.17. The summed E-state index contributed by atoms with van der Waals surface area (Å²) in [6.07, 6.45) is 2.92. The van der Waals surface area contributed by atoms with Crippen LogP contribution in [0.1, 0.15) is 44.5 Å². The summed E-state index contributed by atoms with van der Waals surface area (Å²) in [5, 5.41) is 11.6. The van der Waals surface area contributed by atoms with Gasteiger partial charge in [0.25, 0.3) is 0 Å². The number of guanidine groups is 1. The van der Waals surface area contributed by atoms with Crippen LogP contribution in [0.3, 0.4) is 0 Å². The fourth-order valence-corrected chi connectivity index (χ4v) is 3.77. The third-order valence-electron chi connectivity index (χ3n) is 5.17. The molecule has 2 heterocycles. The lowest BCUT2D eigenvalue weighted by molar-refractivity contribution is 0.234. The second-order valence-electron chi connectivity index (χ2n) is 6.93. The van der Waals surface area contributed by atoms with E-state index in [-0.39, 0.29) is 24.0 Å². The maximum Gasteiger partial charge on any atom is 0.194 e. The molecular formula is C20H31IN6. The lowest BCUT2D eigenvalue weighted by Crippen LogP contribution is -2.48. The van der Waals surface area contributed by atoms with Gasteiger partial charge in [0, 0.05) is 26.2 Å². The molecule has 1 aromatic carbocycles. The fourth-order valence-electron chi connectivity index (χ4n) is 3.77. The van der Waals surface area contributed by atoms with Crippen LogP contribution in [0.5, 0.6) is 0 Å². The first-order chi connectivity index (χ1) is 12.7. The highest BCUT2D eigenvalue weighted by atomic mass is 127. The number of likely N-dealkylation sites (tertiary alicyclic amines) is 1. The van der Waals surface area contributed by atoms with Crippen LogP contribution in [0, 0.1) is 5.92 Å². The molecule has 148 valence electrons. The molecule has 2 unspecified atom stereocenters. The van der Waals surface area contributed by atoms with E-state index in [4.69, 9.17) is 4.99 Å². The summed E-state index contributed by atoms with van der Waals surface area (Å²) in [5.74, 6) is 3.11. The van der Waals surface area contributed by atoms with E-state index in [1.54, 1.807) is 6.33 Å². The Bertz CT molecular complexity index is 714. The van der Waals surface area contributed by atoms with Gasteiger partial charge >= 0.3 is 0 Å². The van der Waals surface area contributed by atoms with Gasteiger partial charge in [-0.05, 0) is 37.7 Å². The molecule has 0 radical (unpaired) electrons. The van der Waals surface area contributed by atoms with E-state index in [2.05, 4.69) is 71.5 Å². The third kappa shape index (κ3) is 5.43. The molecule has 27 heavy (non-hydrogen) atoms. The number of hydrogen-bond acceptors (Lipinski definition) is 3. The van der Waals surface area contributed by atoms with E-state index in [1.807, 2.05) is 4.57 Å². The Kier molecular flexibility index (Phi) is 8.53. The Morgan fingerprint density at radius 3 is 2.70 bits per heavy atom. The number of rotatable bonds is 5. The van der Waals surface area contributed by atoms with Crippen LogP contribution in [-0.4, -0.2) is 45.3 Å². The van der Waals surface area contributed by atoms with Crippen molar-refractivity contribution in [3.05, 3.63) is 48.0 Å². The molecule has 6 nitrogen and oxygen atoms in total. The fraction of sp³-hybridized carbons (Fsp3) is 0.550. The van der Waals surface area contributed by atoms with Gasteiger partial charge in [0.1, 0.15) is 12.9 Å². The minimum atomic E-state index is 0. The molecule has 7 heteroatoms. The van der Waals surface area contributed by atoms with Crippen LogP contribution in [0.15, 0.2) is 41.7 Å². The van der Waals surface area contributed by atoms with Crippen molar-refractivity contribution in [2.45, 2.75) is 46.2 Å². The topological polar surface area (TPSA) is 58.3 Å². The Hall–Kier alpha value is -1.64. The number of aliphatic imine (C=N–C) groups is 1. The molecule has 3 rings (SSSR count). The molecule has 2 atom stereocenters. The van der Waals surface area contributed by atoms with Gasteiger partial charge < -0.3 is 14.8 Å². The molecule has 1 aliphatic rings. The molecule has 1 fully saturated rings. The number of nitrogens with one attached hydrogen (secondary N) is 1. The maximum absolute atomic E-state index is 4.83. The van der Waals surface area contributed by atoms with Crippen LogP contribution in [-0.2, 0) is 13.1 Å². The second kappa shape index (κ2) is 10.6. The van der Waals surface area contributed by atoms with Crippen molar-refractivity contribution in [2.75, 3.05) is 19.6 Å². The van der Waals surface area contributed by atoms with Crippen LogP contribution in [0.25, 0.3) is 0 Å². The van der Waals surface area contributed by atoms with Crippen molar-refractivity contribution in [2.24, 2.45) is 10.9 Å². The SMILES string of the molecule is CCNC(=NCc1nncn1CC)N1CCC(c2ccccc2)C(C)C1.I. The summed E-state index contributed by atoms with van der Waals surface area (Å²) in [5.41, 5.74) is 1.46. The summed E-state index contributed by atoms with van der Waals surface area (Å²) in [4.78, 5) is 7.22. The number of benzene rings is 1. The number of aryl methyl sites for hydroxylation is 1. The van der Waals surface area contributed by atoms with E-state index >= 15 is 0 Å². The van der Waals surface area contributed by atoms with Gasteiger partial charge in [-0.1, -0.05) is 37.3 Å². The van der Waals surface area contributed by atoms with Gasteiger partial charge in [-0.15, -0.1) is 34.2 Å². The molecule has 1 saturated heterocycles. The summed E-state index contributed by atoms with van der Waals surface area (Å²) >= 11 is 0. The van der Waals surface area contributed by atoms with Crippen molar-refractivity contribution in [1.29, 1.82) is 0 Å². The van der Waals surface area contributed by atoms with E-state index in [1.165, 1.54) is 5.56 Å². The summed E-state index contributed by atoms with van der Waals surface area (Å²) in [6, 6.07) is 10.9. The predicted octanol–water partition coefficient (Wildman–Crippen LogP) is 3.51. The number of aromatic nitrogens is 3. The van der Waals surface area contributed by atoms with Gasteiger partial charge in [-0.3, -0.25) is 0 Å². The largest absolute Gasteiger partial charge is 0.357 e. The van der Waals surface area contributed by atoms with Gasteiger partial charge in [0.15, 0.2) is 11.8 Å². The lowest BCUT2D eigenvalue weighted by atomic mass is 9.82. The molecule has 0 amide bonds. The average Bonchev–Trinajstić information content (AvgIpc) is 3.13. The van der Waals surface area contributed by atoms with E-state index in [9.17, 15) is 0 Å². The first kappa shape index (κ1) is 21.7. The summed E-state index contributed by atoms with van der Waals surface area (Å²) in [7, 11) is 0. The normalized spacial score (nSPS) is 20.3. The number of hydrogen-bond donors (Lipinski definition) is 1. The second-order valence-corrected chi connectivity index (χ2v) is 6.93. The number of halogens is 1. The first-order valence-electron chi connectivity index (χ1n) is 9.67. The van der Waals surface area contributed by atoms with Crippen molar-refractivity contribution in [3.8, 4) is 0 Å². The van der Waals surface area contributed by atoms with Gasteiger partial charge in [-0.25, -0.2) is 4.99 Å². The number of nitrogens with zero attached hydrogens (tertiary/aromatic N) is 5. The standard InChI is InChI=1S/C20H30N6.HI/c1-4-21-20(22-13-19-24-23-15-25(19)5-2)26-12-11-18(16(3)14-26)17-9-7-6-8-10-17;/h6-10,15-16,18H,4-5,11-14H2,1-3H3,(H,21,22);1H. The Morgan fingerprint density at radius 2 is 2.04 bits per heavy atom. The molecule has 0 bridgehead atoms. The monoisotopic (exact) mass is 482 g/mol. The molecule has 1 aromatic heterocycles. The van der Waals surface area contributed by atoms with Gasteiger partial charge in [0.2, 0.25) is 0 Å². The summed E-state index contributed by atoms with van der Waals surface area (Å²) in [6.45, 7) is 10.9. The van der Waals surface area contributed by atoms with Crippen molar-refractivity contribution in [1.82, 2.24) is 25.0 Å². The smallest absolute Gasteiger partial charge is 0.194 e. The van der Waals surface area contributed by atoms with E-state index in [0.717, 1.165) is 44.4 Å². The predicted molar refractivity (Wildman–Crippen MR) is 120 cm³/mol. The van der Waals surface area contributed by atoms with Crippen molar-refractivity contribution >= 4 is 29.9 Å². The zero-order chi connectivity index (χ0) is 18.4. The van der Waals surface area contributed by atoms with E-state index < -0.39 is 0 Å². The molecule has 0 saturated carbocycles. The van der Waals surface area contributed by atoms with Crippen LogP contribution < -0.4 is 5.32 Å². The quantitative estimate of drug-likeness (QED) is 0.403. The highest BCUT2D eigenvalue weighted by molar-refractivity contribution is 14.0. The lowest BCUT2D eigenvalue weighted by Gasteiger charge is -2.39. The van der Waals surface area contributed by atoms with Crippen LogP contribution in [0.2, 0.25) is 0 Å². The molecule has 2 aromatic rings. The maximum atomic E-state index is 4.83.